The Bertz CT molecular complexity index is 1160. The summed E-state index contributed by atoms with van der Waals surface area (Å²) < 4.78 is 43.6. The Kier molecular flexibility index (Phi) is 10.7. The summed E-state index contributed by atoms with van der Waals surface area (Å²) in [6.07, 6.45) is -4.46. The maximum absolute atomic E-state index is 12.5. The highest BCUT2D eigenvalue weighted by Crippen LogP contribution is 2.60. The third-order valence-corrected chi connectivity index (χ3v) is 7.20. The van der Waals surface area contributed by atoms with Crippen LogP contribution in [0.4, 0.5) is 0 Å². The third-order valence-electron chi connectivity index (χ3n) is 5.03. The molecule has 0 saturated carbocycles. The quantitative estimate of drug-likeness (QED) is 0.125. The number of carbonyl (C=O) groups is 1. The van der Waals surface area contributed by atoms with Gasteiger partial charge in [0.25, 0.3) is 0 Å². The minimum absolute atomic E-state index is 0.161. The predicted molar refractivity (Wildman–Crippen MR) is 130 cm³/mol. The Balaban J connectivity index is 2.44. The highest BCUT2D eigenvalue weighted by Gasteiger charge is 2.41. The number of ether oxygens (including phenoxy) is 2. The normalized spacial score (nSPS) is 16.0. The number of esters is 1. The van der Waals surface area contributed by atoms with Crippen LogP contribution in [0, 0.1) is 13.8 Å². The first-order valence-corrected chi connectivity index (χ1v) is 13.8. The molecule has 0 fully saturated rings. The average Bonchev–Trinajstić information content (AvgIpc) is 2.76. The van der Waals surface area contributed by atoms with Crippen LogP contribution < -0.4 is 0 Å². The third kappa shape index (κ3) is 9.05. The van der Waals surface area contributed by atoms with Crippen LogP contribution in [0.3, 0.4) is 0 Å². The van der Waals surface area contributed by atoms with E-state index < -0.39 is 39.9 Å². The monoisotopic (exact) mass is 544 g/mol. The van der Waals surface area contributed by atoms with Gasteiger partial charge in [-0.1, -0.05) is 55.1 Å². The smallest absolute Gasteiger partial charge is 0.460 e. The predicted octanol–water partition coefficient (Wildman–Crippen LogP) is 3.81. The fourth-order valence-electron chi connectivity index (χ4n) is 3.38. The zero-order chi connectivity index (χ0) is 27.1. The topological polar surface area (TPSA) is 169 Å². The van der Waals surface area contributed by atoms with Crippen molar-refractivity contribution >= 4 is 21.6 Å². The van der Waals surface area contributed by atoms with Crippen LogP contribution in [0.15, 0.2) is 60.7 Å². The molecule has 2 aromatic rings. The SMILES string of the molecule is C=C(C)C(=O)OCCOC(c1ccccc1C)C(O)C(OP(=O)(O)OP(=O)(O)O)c1ccccc1C. The van der Waals surface area contributed by atoms with Crippen molar-refractivity contribution in [3.8, 4) is 0 Å². The second kappa shape index (κ2) is 12.9. The molecule has 4 atom stereocenters. The van der Waals surface area contributed by atoms with Gasteiger partial charge in [-0.05, 0) is 43.0 Å². The number of aliphatic hydroxyl groups is 1. The van der Waals surface area contributed by atoms with Gasteiger partial charge in [0.15, 0.2) is 0 Å². The Morgan fingerprint density at radius 1 is 0.917 bits per heavy atom. The van der Waals surface area contributed by atoms with Crippen LogP contribution in [-0.2, 0) is 32.2 Å². The van der Waals surface area contributed by atoms with Crippen LogP contribution in [0.25, 0.3) is 0 Å². The molecule has 4 unspecified atom stereocenters. The number of aliphatic hydroxyl groups excluding tert-OH is 1. The van der Waals surface area contributed by atoms with Gasteiger partial charge in [-0.2, -0.15) is 4.31 Å². The molecule has 0 radical (unpaired) electrons. The lowest BCUT2D eigenvalue weighted by atomic mass is 9.91. The van der Waals surface area contributed by atoms with Crippen LogP contribution in [0.1, 0.15) is 41.4 Å². The van der Waals surface area contributed by atoms with Crippen LogP contribution in [0.2, 0.25) is 0 Å². The van der Waals surface area contributed by atoms with E-state index in [1.54, 1.807) is 56.3 Å². The van der Waals surface area contributed by atoms with E-state index in [2.05, 4.69) is 10.9 Å². The molecular weight excluding hydrogens is 514 g/mol. The fraction of sp³-hybridized carbons (Fsp3) is 0.348. The lowest BCUT2D eigenvalue weighted by Gasteiger charge is -2.32. The molecule has 0 aliphatic carbocycles. The first kappa shape index (κ1) is 30.1. The van der Waals surface area contributed by atoms with E-state index in [1.165, 1.54) is 13.0 Å². The summed E-state index contributed by atoms with van der Waals surface area (Å²) in [6, 6.07) is 13.4. The van der Waals surface area contributed by atoms with Gasteiger partial charge < -0.3 is 29.3 Å². The van der Waals surface area contributed by atoms with Gasteiger partial charge >= 0.3 is 21.6 Å². The summed E-state index contributed by atoms with van der Waals surface area (Å²) >= 11 is 0. The number of phosphoric ester groups is 1. The molecule has 0 amide bonds. The van der Waals surface area contributed by atoms with Crippen LogP contribution >= 0.6 is 15.6 Å². The van der Waals surface area contributed by atoms with Crippen molar-refractivity contribution in [2.24, 2.45) is 0 Å². The molecule has 0 spiro atoms. The summed E-state index contributed by atoms with van der Waals surface area (Å²) in [4.78, 5) is 39.8. The first-order valence-electron chi connectivity index (χ1n) is 10.7. The summed E-state index contributed by atoms with van der Waals surface area (Å²) in [5.74, 6) is -0.622. The van der Waals surface area contributed by atoms with Crippen molar-refractivity contribution in [1.82, 2.24) is 0 Å². The Labute approximate surface area is 209 Å². The van der Waals surface area contributed by atoms with Gasteiger partial charge in [-0.15, -0.1) is 0 Å². The largest absolute Gasteiger partial charge is 0.481 e. The second-order valence-electron chi connectivity index (χ2n) is 7.98. The molecule has 0 bridgehead atoms. The molecule has 0 aromatic heterocycles. The minimum atomic E-state index is -5.41. The lowest BCUT2D eigenvalue weighted by molar-refractivity contribution is -0.143. The molecule has 0 saturated heterocycles. The minimum Gasteiger partial charge on any atom is -0.460 e. The van der Waals surface area contributed by atoms with E-state index >= 15 is 0 Å². The zero-order valence-electron chi connectivity index (χ0n) is 20.0. The molecule has 11 nitrogen and oxygen atoms in total. The van der Waals surface area contributed by atoms with Crippen molar-refractivity contribution in [1.29, 1.82) is 0 Å². The van der Waals surface area contributed by atoms with Crippen molar-refractivity contribution in [2.75, 3.05) is 13.2 Å². The van der Waals surface area contributed by atoms with Gasteiger partial charge in [0.05, 0.1) is 6.61 Å². The van der Waals surface area contributed by atoms with Crippen molar-refractivity contribution in [2.45, 2.75) is 39.1 Å². The highest BCUT2D eigenvalue weighted by molar-refractivity contribution is 7.60. The summed E-state index contributed by atoms with van der Waals surface area (Å²) in [5.41, 5.74) is 2.22. The number of rotatable bonds is 13. The molecule has 2 rings (SSSR count). The highest BCUT2D eigenvalue weighted by atomic mass is 31.3. The number of hydrogen-bond donors (Lipinski definition) is 4. The van der Waals surface area contributed by atoms with E-state index in [0.717, 1.165) is 0 Å². The maximum atomic E-state index is 12.5. The lowest BCUT2D eigenvalue weighted by Crippen LogP contribution is -2.31. The second-order valence-corrected chi connectivity index (χ2v) is 10.8. The number of aryl methyl sites for hydroxylation is 2. The average molecular weight is 544 g/mol. The van der Waals surface area contributed by atoms with E-state index in [9.17, 15) is 23.9 Å². The molecule has 0 aliphatic heterocycles. The number of hydrogen-bond acceptors (Lipinski definition) is 8. The van der Waals surface area contributed by atoms with Gasteiger partial charge in [0.2, 0.25) is 0 Å². The van der Waals surface area contributed by atoms with Crippen molar-refractivity contribution < 1.29 is 52.0 Å². The van der Waals surface area contributed by atoms with Gasteiger partial charge in [0, 0.05) is 5.57 Å². The Hall–Kier alpha value is -2.17. The van der Waals surface area contributed by atoms with Crippen molar-refractivity contribution in [3.05, 3.63) is 82.9 Å². The van der Waals surface area contributed by atoms with E-state index in [0.29, 0.717) is 16.7 Å². The molecule has 36 heavy (non-hydrogen) atoms. The van der Waals surface area contributed by atoms with Gasteiger partial charge in [-0.25, -0.2) is 13.9 Å². The van der Waals surface area contributed by atoms with E-state index in [-0.39, 0.29) is 24.4 Å². The summed E-state index contributed by atoms with van der Waals surface area (Å²) in [5, 5.41) is 11.4. The van der Waals surface area contributed by atoms with Gasteiger partial charge in [0.1, 0.15) is 24.9 Å². The molecule has 13 heteroatoms. The zero-order valence-corrected chi connectivity index (χ0v) is 21.8. The standard InChI is InChI=1S/C23H30O11P2/c1-15(2)23(25)32-14-13-31-21(18-11-7-5-9-16(18)3)20(24)22(19-12-8-6-10-17(19)4)33-36(29,30)34-35(26,27)28/h5-12,20-22,24H,1,13-14H2,2-4H3,(H,29,30)(H2,26,27,28). The summed E-state index contributed by atoms with van der Waals surface area (Å²) in [7, 11) is -10.8. The van der Waals surface area contributed by atoms with Crippen LogP contribution in [0.5, 0.6) is 0 Å². The number of phosphoric acid groups is 2. The van der Waals surface area contributed by atoms with Crippen LogP contribution in [-0.4, -0.2) is 45.1 Å². The molecule has 4 N–H and O–H groups in total. The van der Waals surface area contributed by atoms with E-state index in [4.69, 9.17) is 23.8 Å². The molecule has 198 valence electrons. The number of carbonyl (C=O) groups excluding carboxylic acids is 1. The molecule has 0 aliphatic rings. The van der Waals surface area contributed by atoms with E-state index in [1.807, 2.05) is 0 Å². The number of benzene rings is 2. The maximum Gasteiger partial charge on any atom is 0.481 e. The Morgan fingerprint density at radius 2 is 1.42 bits per heavy atom. The fourth-order valence-corrected chi connectivity index (χ4v) is 5.13. The van der Waals surface area contributed by atoms with Crippen molar-refractivity contribution in [3.63, 3.8) is 0 Å². The molecular formula is C23H30O11P2. The first-order chi connectivity index (χ1) is 16.7. The Morgan fingerprint density at radius 3 is 1.89 bits per heavy atom. The van der Waals surface area contributed by atoms with Gasteiger partial charge in [-0.3, -0.25) is 4.52 Å². The molecule has 2 aromatic carbocycles. The summed E-state index contributed by atoms with van der Waals surface area (Å²) in [6.45, 7) is 8.06. The molecule has 0 heterocycles.